The summed E-state index contributed by atoms with van der Waals surface area (Å²) in [5.74, 6) is -0.884. The number of aromatic carboxylic acids is 1. The minimum Gasteiger partial charge on any atom is -0.478 e. The number of carbonyl (C=O) groups is 1. The lowest BCUT2D eigenvalue weighted by molar-refractivity contribution is 0.0670. The third-order valence-electron chi connectivity index (χ3n) is 4.79. The van der Waals surface area contributed by atoms with Crippen LogP contribution in [0, 0.1) is 5.41 Å². The number of nitrogens with zero attached hydrogens (tertiary/aromatic N) is 2. The maximum Gasteiger partial charge on any atom is 0.337 e. The average molecular weight is 286 g/mol. The van der Waals surface area contributed by atoms with Gasteiger partial charge >= 0.3 is 5.97 Å². The molecule has 1 aliphatic heterocycles. The summed E-state index contributed by atoms with van der Waals surface area (Å²) >= 11 is 0. The van der Waals surface area contributed by atoms with Gasteiger partial charge in [-0.05, 0) is 56.2 Å². The van der Waals surface area contributed by atoms with Crippen LogP contribution in [0.1, 0.15) is 48.2 Å². The fourth-order valence-electron chi connectivity index (χ4n) is 3.73. The van der Waals surface area contributed by atoms with E-state index in [0.717, 1.165) is 19.5 Å². The van der Waals surface area contributed by atoms with E-state index in [-0.39, 0.29) is 0 Å². The SMILES string of the molecule is O=C(O)c1cccnc1CN1CCCC2(CC=CCC2)C1. The molecule has 1 unspecified atom stereocenters. The van der Waals surface area contributed by atoms with Gasteiger partial charge in [0.15, 0.2) is 0 Å². The third kappa shape index (κ3) is 3.16. The first-order chi connectivity index (χ1) is 10.2. The molecule has 1 N–H and O–H groups in total. The number of aromatic nitrogens is 1. The minimum absolute atomic E-state index is 0.334. The van der Waals surface area contributed by atoms with Crippen molar-refractivity contribution in [3.8, 4) is 0 Å². The number of rotatable bonds is 3. The highest BCUT2D eigenvalue weighted by Crippen LogP contribution is 2.41. The first-order valence-electron chi connectivity index (χ1n) is 7.73. The van der Waals surface area contributed by atoms with Gasteiger partial charge in [0.25, 0.3) is 0 Å². The van der Waals surface area contributed by atoms with Crippen LogP contribution in [0.2, 0.25) is 0 Å². The molecular weight excluding hydrogens is 264 g/mol. The first-order valence-corrected chi connectivity index (χ1v) is 7.73. The van der Waals surface area contributed by atoms with Gasteiger partial charge in [-0.2, -0.15) is 0 Å². The Hall–Kier alpha value is -1.68. The Balaban J connectivity index is 1.73. The summed E-state index contributed by atoms with van der Waals surface area (Å²) in [5.41, 5.74) is 1.43. The van der Waals surface area contributed by atoms with E-state index in [1.165, 1.54) is 25.7 Å². The Morgan fingerprint density at radius 1 is 1.38 bits per heavy atom. The molecule has 0 bridgehead atoms. The Labute approximate surface area is 125 Å². The molecule has 21 heavy (non-hydrogen) atoms. The molecule has 2 aliphatic rings. The van der Waals surface area contributed by atoms with Gasteiger partial charge < -0.3 is 5.11 Å². The van der Waals surface area contributed by atoms with E-state index in [2.05, 4.69) is 22.0 Å². The maximum atomic E-state index is 11.3. The second-order valence-electron chi connectivity index (χ2n) is 6.33. The molecule has 3 rings (SSSR count). The van der Waals surface area contributed by atoms with Crippen LogP contribution in [-0.4, -0.2) is 34.0 Å². The van der Waals surface area contributed by atoms with Crippen molar-refractivity contribution in [1.82, 2.24) is 9.88 Å². The largest absolute Gasteiger partial charge is 0.478 e. The molecule has 0 amide bonds. The monoisotopic (exact) mass is 286 g/mol. The Bertz CT molecular complexity index is 555. The van der Waals surface area contributed by atoms with Crippen molar-refractivity contribution < 1.29 is 9.90 Å². The second kappa shape index (κ2) is 5.98. The van der Waals surface area contributed by atoms with Gasteiger partial charge in [-0.1, -0.05) is 12.2 Å². The molecule has 1 aromatic heterocycles. The van der Waals surface area contributed by atoms with Gasteiger partial charge in [0, 0.05) is 19.3 Å². The zero-order valence-corrected chi connectivity index (χ0v) is 12.3. The van der Waals surface area contributed by atoms with Crippen molar-refractivity contribution in [3.63, 3.8) is 0 Å². The van der Waals surface area contributed by atoms with E-state index < -0.39 is 5.97 Å². The van der Waals surface area contributed by atoms with Crippen LogP contribution in [0.5, 0.6) is 0 Å². The van der Waals surface area contributed by atoms with E-state index in [9.17, 15) is 9.90 Å². The zero-order valence-electron chi connectivity index (χ0n) is 12.3. The topological polar surface area (TPSA) is 53.4 Å². The second-order valence-corrected chi connectivity index (χ2v) is 6.33. The van der Waals surface area contributed by atoms with E-state index >= 15 is 0 Å². The molecule has 0 saturated carbocycles. The van der Waals surface area contributed by atoms with Gasteiger partial charge in [-0.15, -0.1) is 0 Å². The number of hydrogen-bond acceptors (Lipinski definition) is 3. The molecule has 4 nitrogen and oxygen atoms in total. The van der Waals surface area contributed by atoms with Crippen molar-refractivity contribution in [2.45, 2.75) is 38.6 Å². The standard InChI is InChI=1S/C17H22N2O2/c20-16(21)14-6-4-10-18-15(14)12-19-11-5-9-17(13-19)7-2-1-3-8-17/h1-2,4,6,10H,3,5,7-9,11-13H2,(H,20,21). The van der Waals surface area contributed by atoms with Crippen LogP contribution in [0.4, 0.5) is 0 Å². The predicted octanol–water partition coefficient (Wildman–Crippen LogP) is 3.10. The summed E-state index contributed by atoms with van der Waals surface area (Å²) in [6.45, 7) is 2.75. The predicted molar refractivity (Wildman–Crippen MR) is 81.1 cm³/mol. The Morgan fingerprint density at radius 2 is 2.29 bits per heavy atom. The number of piperidine rings is 1. The van der Waals surface area contributed by atoms with Crippen LogP contribution in [0.3, 0.4) is 0 Å². The number of carboxylic acids is 1. The highest BCUT2D eigenvalue weighted by atomic mass is 16.4. The molecule has 4 heteroatoms. The fraction of sp³-hybridized carbons (Fsp3) is 0.529. The lowest BCUT2D eigenvalue weighted by Gasteiger charge is -2.44. The van der Waals surface area contributed by atoms with Gasteiger partial charge in [0.05, 0.1) is 11.3 Å². The van der Waals surface area contributed by atoms with Gasteiger partial charge in [0.2, 0.25) is 0 Å². The Kier molecular flexibility index (Phi) is 4.06. The lowest BCUT2D eigenvalue weighted by Crippen LogP contribution is -2.43. The van der Waals surface area contributed by atoms with Crippen molar-refractivity contribution in [2.24, 2.45) is 5.41 Å². The van der Waals surface area contributed by atoms with Crippen molar-refractivity contribution in [1.29, 1.82) is 0 Å². The first kappa shape index (κ1) is 14.3. The molecule has 1 fully saturated rings. The zero-order chi connectivity index (χ0) is 14.7. The normalized spacial score (nSPS) is 26.1. The summed E-state index contributed by atoms with van der Waals surface area (Å²) in [6, 6.07) is 3.34. The molecule has 0 radical (unpaired) electrons. The molecular formula is C17H22N2O2. The summed E-state index contributed by atoms with van der Waals surface area (Å²) in [4.78, 5) is 18.0. The van der Waals surface area contributed by atoms with Crippen LogP contribution in [0.15, 0.2) is 30.5 Å². The third-order valence-corrected chi connectivity index (χ3v) is 4.79. The maximum absolute atomic E-state index is 11.3. The highest BCUT2D eigenvalue weighted by molar-refractivity contribution is 5.88. The van der Waals surface area contributed by atoms with Gasteiger partial charge in [-0.25, -0.2) is 4.79 Å². The van der Waals surface area contributed by atoms with Crippen molar-refractivity contribution >= 4 is 5.97 Å². The molecule has 2 heterocycles. The van der Waals surface area contributed by atoms with Crippen molar-refractivity contribution in [3.05, 3.63) is 41.7 Å². The molecule has 0 aromatic carbocycles. The number of carboxylic acid groups (broad SMARTS) is 1. The number of pyridine rings is 1. The number of hydrogen-bond donors (Lipinski definition) is 1. The van der Waals surface area contributed by atoms with Crippen LogP contribution in [0.25, 0.3) is 0 Å². The quantitative estimate of drug-likeness (QED) is 0.867. The lowest BCUT2D eigenvalue weighted by atomic mass is 9.71. The summed E-state index contributed by atoms with van der Waals surface area (Å²) in [7, 11) is 0. The summed E-state index contributed by atoms with van der Waals surface area (Å²) in [6.07, 6.45) is 12.4. The van der Waals surface area contributed by atoms with Crippen LogP contribution in [-0.2, 0) is 6.54 Å². The van der Waals surface area contributed by atoms with Crippen LogP contribution < -0.4 is 0 Å². The average Bonchev–Trinajstić information content (AvgIpc) is 2.48. The van der Waals surface area contributed by atoms with Crippen molar-refractivity contribution in [2.75, 3.05) is 13.1 Å². The minimum atomic E-state index is -0.884. The molecule has 1 atom stereocenters. The van der Waals surface area contributed by atoms with E-state index in [1.807, 2.05) is 0 Å². The molecule has 1 aliphatic carbocycles. The van der Waals surface area contributed by atoms with Crippen LogP contribution >= 0.6 is 0 Å². The highest BCUT2D eigenvalue weighted by Gasteiger charge is 2.35. The van der Waals surface area contributed by atoms with E-state index in [1.54, 1.807) is 18.3 Å². The molecule has 112 valence electrons. The summed E-state index contributed by atoms with van der Waals surface area (Å²) < 4.78 is 0. The molecule has 1 aromatic rings. The van der Waals surface area contributed by atoms with Gasteiger partial charge in [-0.3, -0.25) is 9.88 Å². The van der Waals surface area contributed by atoms with E-state index in [0.29, 0.717) is 23.2 Å². The smallest absolute Gasteiger partial charge is 0.337 e. The van der Waals surface area contributed by atoms with E-state index in [4.69, 9.17) is 0 Å². The summed E-state index contributed by atoms with van der Waals surface area (Å²) in [5, 5.41) is 9.27. The number of allylic oxidation sites excluding steroid dienone is 2. The molecule has 1 saturated heterocycles. The fourth-order valence-corrected chi connectivity index (χ4v) is 3.73. The van der Waals surface area contributed by atoms with Gasteiger partial charge in [0.1, 0.15) is 0 Å². The number of likely N-dealkylation sites (tertiary alicyclic amines) is 1. The Morgan fingerprint density at radius 3 is 3.05 bits per heavy atom. The molecule has 1 spiro atoms.